The Bertz CT molecular complexity index is 1210. The molecule has 2 aromatic heterocycles. The number of sulfonamides is 1. The Morgan fingerprint density at radius 2 is 1.90 bits per heavy atom. The predicted molar refractivity (Wildman–Crippen MR) is 116 cm³/mol. The number of fused-ring (bicyclic) bond motifs is 1. The summed E-state index contributed by atoms with van der Waals surface area (Å²) in [4.78, 5) is 21.2. The Morgan fingerprint density at radius 1 is 1.13 bits per heavy atom. The predicted octanol–water partition coefficient (Wildman–Crippen LogP) is 3.63. The highest BCUT2D eigenvalue weighted by atomic mass is 35.5. The van der Waals surface area contributed by atoms with Gasteiger partial charge < -0.3 is 5.32 Å². The molecular formula is C21H21ClN4O3S. The molecule has 1 fully saturated rings. The molecule has 156 valence electrons. The van der Waals surface area contributed by atoms with E-state index in [0.29, 0.717) is 18.5 Å². The van der Waals surface area contributed by atoms with Crippen LogP contribution in [0.2, 0.25) is 5.15 Å². The summed E-state index contributed by atoms with van der Waals surface area (Å²) in [6, 6.07) is 12.5. The van der Waals surface area contributed by atoms with Crippen molar-refractivity contribution in [3.05, 3.63) is 59.5 Å². The number of hydrogen-bond donors (Lipinski definition) is 1. The number of benzene rings is 1. The number of halogens is 1. The van der Waals surface area contributed by atoms with Crippen LogP contribution in [-0.2, 0) is 14.8 Å². The fourth-order valence-electron chi connectivity index (χ4n) is 3.64. The van der Waals surface area contributed by atoms with E-state index in [2.05, 4.69) is 15.3 Å². The zero-order valence-corrected chi connectivity index (χ0v) is 17.9. The second kappa shape index (κ2) is 8.29. The first-order valence-corrected chi connectivity index (χ1v) is 11.5. The quantitative estimate of drug-likeness (QED) is 0.620. The molecule has 4 rings (SSSR count). The van der Waals surface area contributed by atoms with Gasteiger partial charge in [0.15, 0.2) is 0 Å². The molecule has 30 heavy (non-hydrogen) atoms. The van der Waals surface area contributed by atoms with E-state index in [1.807, 2.05) is 37.3 Å². The van der Waals surface area contributed by atoms with E-state index in [9.17, 15) is 13.2 Å². The summed E-state index contributed by atoms with van der Waals surface area (Å²) in [5.74, 6) is -0.400. The number of piperidine rings is 1. The highest BCUT2D eigenvalue weighted by Crippen LogP contribution is 2.28. The van der Waals surface area contributed by atoms with Crippen molar-refractivity contribution in [3.8, 4) is 0 Å². The maximum atomic E-state index is 12.8. The Kier molecular flexibility index (Phi) is 5.73. The maximum Gasteiger partial charge on any atom is 0.246 e. The minimum Gasteiger partial charge on any atom is -0.324 e. The van der Waals surface area contributed by atoms with Crippen LogP contribution in [0.3, 0.4) is 0 Å². The molecule has 1 amide bonds. The van der Waals surface area contributed by atoms with Crippen LogP contribution in [-0.4, -0.2) is 41.7 Å². The third kappa shape index (κ3) is 4.03. The number of nitrogens with one attached hydrogen (secondary N) is 1. The van der Waals surface area contributed by atoms with Crippen molar-refractivity contribution >= 4 is 44.1 Å². The van der Waals surface area contributed by atoms with Crippen molar-refractivity contribution in [2.75, 3.05) is 18.4 Å². The zero-order valence-electron chi connectivity index (χ0n) is 16.4. The molecule has 3 aromatic rings. The molecule has 1 saturated heterocycles. The van der Waals surface area contributed by atoms with Crippen molar-refractivity contribution in [1.29, 1.82) is 0 Å². The summed E-state index contributed by atoms with van der Waals surface area (Å²) in [5, 5.41) is 3.88. The van der Waals surface area contributed by atoms with E-state index in [1.54, 1.807) is 6.07 Å². The maximum absolute atomic E-state index is 12.8. The van der Waals surface area contributed by atoms with Gasteiger partial charge in [-0.15, -0.1) is 0 Å². The number of aryl methyl sites for hydroxylation is 1. The van der Waals surface area contributed by atoms with E-state index in [0.717, 1.165) is 16.6 Å². The lowest BCUT2D eigenvalue weighted by Crippen LogP contribution is -2.41. The molecule has 0 bridgehead atoms. The second-order valence-corrected chi connectivity index (χ2v) is 9.55. The summed E-state index contributed by atoms with van der Waals surface area (Å²) in [6.45, 7) is 2.40. The molecule has 3 heterocycles. The standard InChI is InChI=1S/C21H21ClN4O3S/c1-14-7-8-15-4-2-5-17(19(15)24-14)25-21(27)16-9-12-26(13-10-16)30(28,29)18-6-3-11-23-20(18)22/h2-8,11,16H,9-10,12-13H2,1H3,(H,25,27). The van der Waals surface area contributed by atoms with Gasteiger partial charge >= 0.3 is 0 Å². The summed E-state index contributed by atoms with van der Waals surface area (Å²) in [6.07, 6.45) is 2.31. The number of rotatable bonds is 4. The molecule has 1 aromatic carbocycles. The number of aromatic nitrogens is 2. The molecule has 0 atom stereocenters. The van der Waals surface area contributed by atoms with Gasteiger partial charge in [-0.2, -0.15) is 4.31 Å². The van der Waals surface area contributed by atoms with Crippen LogP contribution < -0.4 is 5.32 Å². The van der Waals surface area contributed by atoms with Crippen molar-refractivity contribution < 1.29 is 13.2 Å². The molecule has 1 N–H and O–H groups in total. The first-order chi connectivity index (χ1) is 14.4. The van der Waals surface area contributed by atoms with Gasteiger partial charge in [0, 0.05) is 36.3 Å². The van der Waals surface area contributed by atoms with Crippen LogP contribution in [0.25, 0.3) is 10.9 Å². The first kappa shape index (κ1) is 20.7. The molecule has 0 aliphatic carbocycles. The van der Waals surface area contributed by atoms with Crippen molar-refractivity contribution in [3.63, 3.8) is 0 Å². The monoisotopic (exact) mass is 444 g/mol. The van der Waals surface area contributed by atoms with Crippen molar-refractivity contribution in [2.45, 2.75) is 24.7 Å². The smallest absolute Gasteiger partial charge is 0.246 e. The first-order valence-electron chi connectivity index (χ1n) is 9.64. The van der Waals surface area contributed by atoms with E-state index in [-0.39, 0.29) is 35.0 Å². The van der Waals surface area contributed by atoms with Crippen molar-refractivity contribution in [1.82, 2.24) is 14.3 Å². The van der Waals surface area contributed by atoms with Gasteiger partial charge in [0.1, 0.15) is 10.0 Å². The van der Waals surface area contributed by atoms with Crippen LogP contribution >= 0.6 is 11.6 Å². The van der Waals surface area contributed by atoms with Crippen LogP contribution in [0.15, 0.2) is 53.6 Å². The second-order valence-electron chi connectivity index (χ2n) is 7.29. The summed E-state index contributed by atoms with van der Waals surface area (Å²) in [5.41, 5.74) is 2.28. The normalized spacial score (nSPS) is 15.9. The fourth-order valence-corrected chi connectivity index (χ4v) is 5.54. The third-order valence-electron chi connectivity index (χ3n) is 5.28. The van der Waals surface area contributed by atoms with Gasteiger partial charge in [-0.05, 0) is 44.0 Å². The lowest BCUT2D eigenvalue weighted by atomic mass is 9.97. The van der Waals surface area contributed by atoms with Gasteiger partial charge in [-0.3, -0.25) is 9.78 Å². The van der Waals surface area contributed by atoms with Gasteiger partial charge in [-0.1, -0.05) is 29.8 Å². The summed E-state index contributed by atoms with van der Waals surface area (Å²) in [7, 11) is -3.74. The van der Waals surface area contributed by atoms with Gasteiger partial charge in [-0.25, -0.2) is 13.4 Å². The van der Waals surface area contributed by atoms with Gasteiger partial charge in [0.25, 0.3) is 0 Å². The molecule has 1 aliphatic heterocycles. The molecule has 1 aliphatic rings. The third-order valence-corrected chi connectivity index (χ3v) is 7.63. The van der Waals surface area contributed by atoms with E-state index in [4.69, 9.17) is 11.6 Å². The highest BCUT2D eigenvalue weighted by molar-refractivity contribution is 7.89. The topological polar surface area (TPSA) is 92.3 Å². The molecule has 0 spiro atoms. The molecule has 7 nitrogen and oxygen atoms in total. The summed E-state index contributed by atoms with van der Waals surface area (Å²) < 4.78 is 27.1. The van der Waals surface area contributed by atoms with Gasteiger partial charge in [0.05, 0.1) is 11.2 Å². The average molecular weight is 445 g/mol. The molecule has 0 radical (unpaired) electrons. The van der Waals surface area contributed by atoms with Crippen molar-refractivity contribution in [2.24, 2.45) is 5.92 Å². The van der Waals surface area contributed by atoms with Gasteiger partial charge in [0.2, 0.25) is 15.9 Å². The number of carbonyl (C=O) groups excluding carboxylic acids is 1. The minimum absolute atomic E-state index is 0.00762. The van der Waals surface area contributed by atoms with Crippen LogP contribution in [0.1, 0.15) is 18.5 Å². The van der Waals surface area contributed by atoms with Crippen LogP contribution in [0, 0.1) is 12.8 Å². The van der Waals surface area contributed by atoms with Crippen LogP contribution in [0.5, 0.6) is 0 Å². The number of pyridine rings is 2. The zero-order chi connectivity index (χ0) is 21.3. The Balaban J connectivity index is 1.45. The average Bonchev–Trinajstić information content (AvgIpc) is 2.74. The summed E-state index contributed by atoms with van der Waals surface area (Å²) >= 11 is 5.97. The number of amides is 1. The molecule has 0 saturated carbocycles. The molecule has 9 heteroatoms. The number of para-hydroxylation sites is 1. The largest absolute Gasteiger partial charge is 0.324 e. The highest BCUT2D eigenvalue weighted by Gasteiger charge is 2.33. The number of carbonyl (C=O) groups is 1. The number of nitrogens with zero attached hydrogens (tertiary/aromatic N) is 3. The Hall–Kier alpha value is -2.55. The van der Waals surface area contributed by atoms with Crippen LogP contribution in [0.4, 0.5) is 5.69 Å². The SMILES string of the molecule is Cc1ccc2cccc(NC(=O)C3CCN(S(=O)(=O)c4cccnc4Cl)CC3)c2n1. The Morgan fingerprint density at radius 3 is 2.63 bits per heavy atom. The number of anilines is 1. The van der Waals surface area contributed by atoms with E-state index >= 15 is 0 Å². The fraction of sp³-hybridized carbons (Fsp3) is 0.286. The lowest BCUT2D eigenvalue weighted by molar-refractivity contribution is -0.120. The van der Waals surface area contributed by atoms with E-state index in [1.165, 1.54) is 16.6 Å². The molecule has 0 unspecified atom stereocenters. The Labute approximate surface area is 180 Å². The minimum atomic E-state index is -3.74. The van der Waals surface area contributed by atoms with E-state index < -0.39 is 10.0 Å². The lowest BCUT2D eigenvalue weighted by Gasteiger charge is -2.30. The number of hydrogen-bond acceptors (Lipinski definition) is 5. The molecular weight excluding hydrogens is 424 g/mol.